The number of carbonyl (C=O) groups excluding carboxylic acids is 1. The number of halogens is 2. The predicted octanol–water partition coefficient (Wildman–Crippen LogP) is 5.38. The van der Waals surface area contributed by atoms with Gasteiger partial charge in [0.15, 0.2) is 0 Å². The second-order valence-corrected chi connectivity index (χ2v) is 5.94. The van der Waals surface area contributed by atoms with Gasteiger partial charge in [-0.05, 0) is 36.4 Å². The van der Waals surface area contributed by atoms with Crippen molar-refractivity contribution in [2.45, 2.75) is 0 Å². The van der Waals surface area contributed by atoms with E-state index in [0.29, 0.717) is 21.3 Å². The Kier molecular flexibility index (Phi) is 4.99. The number of nitrogens with zero attached hydrogens (tertiary/aromatic N) is 1. The van der Waals surface area contributed by atoms with Crippen molar-refractivity contribution in [2.24, 2.45) is 0 Å². The van der Waals surface area contributed by atoms with E-state index in [4.69, 9.17) is 23.2 Å². The van der Waals surface area contributed by atoms with Crippen LogP contribution < -0.4 is 10.6 Å². The fourth-order valence-corrected chi connectivity index (χ4v) is 2.68. The van der Waals surface area contributed by atoms with Crippen molar-refractivity contribution >= 4 is 46.2 Å². The number of pyridine rings is 1. The number of amides is 1. The summed E-state index contributed by atoms with van der Waals surface area (Å²) in [6.07, 6.45) is 3.15. The van der Waals surface area contributed by atoms with Gasteiger partial charge in [-0.3, -0.25) is 9.78 Å². The maximum atomic E-state index is 12.4. The summed E-state index contributed by atoms with van der Waals surface area (Å²) in [5.41, 5.74) is 2.59. The third-order valence-electron chi connectivity index (χ3n) is 3.18. The van der Waals surface area contributed by atoms with Gasteiger partial charge in [-0.2, -0.15) is 0 Å². The van der Waals surface area contributed by atoms with Gasteiger partial charge in [0.1, 0.15) is 0 Å². The van der Waals surface area contributed by atoms with Crippen LogP contribution in [0, 0.1) is 0 Å². The van der Waals surface area contributed by atoms with Gasteiger partial charge >= 0.3 is 0 Å². The molecule has 1 amide bonds. The Bertz CT molecular complexity index is 849. The number of benzene rings is 2. The average molecular weight is 358 g/mol. The molecule has 0 saturated heterocycles. The summed E-state index contributed by atoms with van der Waals surface area (Å²) in [5.74, 6) is -0.294. The number of hydrogen-bond acceptors (Lipinski definition) is 3. The molecule has 0 radical (unpaired) electrons. The van der Waals surface area contributed by atoms with Crippen LogP contribution >= 0.6 is 23.2 Å². The fraction of sp³-hybridized carbons (Fsp3) is 0. The molecule has 24 heavy (non-hydrogen) atoms. The van der Waals surface area contributed by atoms with Crippen LogP contribution in [0.4, 0.5) is 17.1 Å². The average Bonchev–Trinajstić information content (AvgIpc) is 2.55. The number of carbonyl (C=O) groups is 1. The molecule has 0 atom stereocenters. The van der Waals surface area contributed by atoms with Crippen LogP contribution in [0.15, 0.2) is 67.0 Å². The van der Waals surface area contributed by atoms with Crippen LogP contribution in [0.1, 0.15) is 10.4 Å². The van der Waals surface area contributed by atoms with Crippen LogP contribution in [0.25, 0.3) is 0 Å². The summed E-state index contributed by atoms with van der Waals surface area (Å²) in [4.78, 5) is 16.5. The molecule has 1 aromatic heterocycles. The van der Waals surface area contributed by atoms with Crippen molar-refractivity contribution in [3.63, 3.8) is 0 Å². The monoisotopic (exact) mass is 357 g/mol. The molecular formula is C18H13Cl2N3O. The van der Waals surface area contributed by atoms with Crippen molar-refractivity contribution in [3.8, 4) is 0 Å². The third-order valence-corrected chi connectivity index (χ3v) is 3.62. The van der Waals surface area contributed by atoms with E-state index in [1.165, 1.54) is 6.20 Å². The molecule has 3 rings (SSSR count). The number of hydrogen-bond donors (Lipinski definition) is 2. The molecule has 2 N–H and O–H groups in total. The molecule has 0 aliphatic rings. The zero-order valence-electron chi connectivity index (χ0n) is 12.5. The van der Waals surface area contributed by atoms with Gasteiger partial charge in [0.2, 0.25) is 0 Å². The maximum absolute atomic E-state index is 12.4. The van der Waals surface area contributed by atoms with Gasteiger partial charge in [-0.15, -0.1) is 0 Å². The van der Waals surface area contributed by atoms with E-state index in [1.54, 1.807) is 30.5 Å². The molecule has 0 fully saturated rings. The first-order valence-corrected chi connectivity index (χ1v) is 7.90. The number of aromatic nitrogens is 1. The largest absolute Gasteiger partial charge is 0.354 e. The van der Waals surface area contributed by atoms with Gasteiger partial charge in [-0.1, -0.05) is 41.4 Å². The van der Waals surface area contributed by atoms with E-state index < -0.39 is 0 Å². The van der Waals surface area contributed by atoms with Gasteiger partial charge in [0.05, 0.1) is 17.4 Å². The van der Waals surface area contributed by atoms with Crippen molar-refractivity contribution < 1.29 is 4.79 Å². The minimum Gasteiger partial charge on any atom is -0.354 e. The van der Waals surface area contributed by atoms with Gasteiger partial charge in [0, 0.05) is 27.6 Å². The smallest absolute Gasteiger partial charge is 0.257 e. The van der Waals surface area contributed by atoms with Crippen molar-refractivity contribution in [1.82, 2.24) is 4.98 Å². The van der Waals surface area contributed by atoms with E-state index in [0.717, 1.165) is 11.4 Å². The van der Waals surface area contributed by atoms with Crippen molar-refractivity contribution in [3.05, 3.63) is 82.6 Å². The van der Waals surface area contributed by atoms with Gasteiger partial charge < -0.3 is 10.6 Å². The highest BCUT2D eigenvalue weighted by Crippen LogP contribution is 2.23. The number of para-hydroxylation sites is 1. The highest BCUT2D eigenvalue weighted by Gasteiger charge is 2.09. The zero-order valence-corrected chi connectivity index (χ0v) is 14.0. The van der Waals surface area contributed by atoms with Crippen molar-refractivity contribution in [2.75, 3.05) is 10.6 Å². The van der Waals surface area contributed by atoms with E-state index in [2.05, 4.69) is 15.6 Å². The minimum atomic E-state index is -0.294. The summed E-state index contributed by atoms with van der Waals surface area (Å²) in [6, 6.07) is 16.2. The SMILES string of the molecule is O=C(Nc1cc(Cl)cc(Cl)c1)c1cncc(Nc2ccccc2)c1. The second-order valence-electron chi connectivity index (χ2n) is 5.07. The van der Waals surface area contributed by atoms with E-state index in [1.807, 2.05) is 30.3 Å². The predicted molar refractivity (Wildman–Crippen MR) is 98.4 cm³/mol. The van der Waals surface area contributed by atoms with Crippen LogP contribution in [0.3, 0.4) is 0 Å². The Morgan fingerprint density at radius 1 is 0.833 bits per heavy atom. The Morgan fingerprint density at radius 3 is 2.25 bits per heavy atom. The first-order valence-electron chi connectivity index (χ1n) is 7.15. The molecule has 4 nitrogen and oxygen atoms in total. The van der Waals surface area contributed by atoms with Crippen LogP contribution in [-0.4, -0.2) is 10.9 Å². The molecule has 3 aromatic rings. The van der Waals surface area contributed by atoms with E-state index in [-0.39, 0.29) is 5.91 Å². The normalized spacial score (nSPS) is 10.2. The number of nitrogens with one attached hydrogen (secondary N) is 2. The first-order chi connectivity index (χ1) is 11.6. The fourth-order valence-electron chi connectivity index (χ4n) is 2.15. The highest BCUT2D eigenvalue weighted by atomic mass is 35.5. The van der Waals surface area contributed by atoms with E-state index in [9.17, 15) is 4.79 Å². The van der Waals surface area contributed by atoms with Crippen LogP contribution in [-0.2, 0) is 0 Å². The molecule has 0 aliphatic carbocycles. The molecule has 2 aromatic carbocycles. The lowest BCUT2D eigenvalue weighted by Crippen LogP contribution is -2.12. The molecule has 0 unspecified atom stereocenters. The lowest BCUT2D eigenvalue weighted by atomic mass is 10.2. The molecule has 6 heteroatoms. The Balaban J connectivity index is 1.76. The van der Waals surface area contributed by atoms with E-state index >= 15 is 0 Å². The quantitative estimate of drug-likeness (QED) is 0.658. The Hall–Kier alpha value is -2.56. The molecular weight excluding hydrogens is 345 g/mol. The Morgan fingerprint density at radius 2 is 1.54 bits per heavy atom. The topological polar surface area (TPSA) is 54.0 Å². The number of rotatable bonds is 4. The Labute approximate surface area is 149 Å². The van der Waals surface area contributed by atoms with Crippen molar-refractivity contribution in [1.29, 1.82) is 0 Å². The molecule has 0 aliphatic heterocycles. The second kappa shape index (κ2) is 7.34. The van der Waals surface area contributed by atoms with Gasteiger partial charge in [-0.25, -0.2) is 0 Å². The molecule has 0 spiro atoms. The minimum absolute atomic E-state index is 0.294. The molecule has 120 valence electrons. The summed E-state index contributed by atoms with van der Waals surface area (Å²) in [7, 11) is 0. The summed E-state index contributed by atoms with van der Waals surface area (Å²) in [6.45, 7) is 0. The zero-order chi connectivity index (χ0) is 16.9. The highest BCUT2D eigenvalue weighted by molar-refractivity contribution is 6.35. The lowest BCUT2D eigenvalue weighted by molar-refractivity contribution is 0.102. The van der Waals surface area contributed by atoms with Crippen LogP contribution in [0.2, 0.25) is 10.0 Å². The maximum Gasteiger partial charge on any atom is 0.257 e. The number of anilines is 3. The molecule has 0 saturated carbocycles. The first kappa shape index (κ1) is 16.3. The van der Waals surface area contributed by atoms with Gasteiger partial charge in [0.25, 0.3) is 5.91 Å². The summed E-state index contributed by atoms with van der Waals surface area (Å²) < 4.78 is 0. The lowest BCUT2D eigenvalue weighted by Gasteiger charge is -2.09. The molecule has 0 bridgehead atoms. The standard InChI is InChI=1S/C18H13Cl2N3O/c19-13-7-14(20)9-16(8-13)23-18(24)12-6-17(11-21-10-12)22-15-4-2-1-3-5-15/h1-11,22H,(H,23,24). The third kappa shape index (κ3) is 4.25. The summed E-state index contributed by atoms with van der Waals surface area (Å²) in [5, 5.41) is 6.86. The molecule has 1 heterocycles. The summed E-state index contributed by atoms with van der Waals surface area (Å²) >= 11 is 11.9. The van der Waals surface area contributed by atoms with Crippen LogP contribution in [0.5, 0.6) is 0 Å².